The van der Waals surface area contributed by atoms with E-state index in [1.807, 2.05) is 6.92 Å². The van der Waals surface area contributed by atoms with Crippen LogP contribution in [0.1, 0.15) is 45.1 Å². The first-order valence-electron chi connectivity index (χ1n) is 6.63. The van der Waals surface area contributed by atoms with Crippen molar-refractivity contribution in [3.05, 3.63) is 39.7 Å². The first-order chi connectivity index (χ1) is 8.91. The quantitative estimate of drug-likeness (QED) is 0.607. The molecule has 0 saturated heterocycles. The van der Waals surface area contributed by atoms with Gasteiger partial charge in [0.25, 0.3) is 0 Å². The topological polar surface area (TPSA) is 69.2 Å². The van der Waals surface area contributed by atoms with Gasteiger partial charge in [0.2, 0.25) is 5.82 Å². The van der Waals surface area contributed by atoms with E-state index in [4.69, 9.17) is 5.73 Å². The highest BCUT2D eigenvalue weighted by Crippen LogP contribution is 2.24. The Morgan fingerprint density at radius 2 is 2.11 bits per heavy atom. The molecule has 2 N–H and O–H groups in total. The summed E-state index contributed by atoms with van der Waals surface area (Å²) in [5.74, 6) is -0.795. The molecule has 1 unspecified atom stereocenters. The molecule has 0 amide bonds. The van der Waals surface area contributed by atoms with Gasteiger partial charge >= 0.3 is 5.69 Å². The second-order valence-electron chi connectivity index (χ2n) is 5.04. The minimum Gasteiger partial charge on any atom is -0.325 e. The van der Waals surface area contributed by atoms with E-state index in [0.29, 0.717) is 12.0 Å². The monoisotopic (exact) mass is 268 g/mol. The molecule has 1 aromatic carbocycles. The molecule has 1 aromatic rings. The average molecular weight is 268 g/mol. The van der Waals surface area contributed by atoms with Crippen molar-refractivity contribution in [1.29, 1.82) is 0 Å². The number of nitrogens with zero attached hydrogens (tertiary/aromatic N) is 1. The maximum atomic E-state index is 13.5. The van der Waals surface area contributed by atoms with E-state index in [1.54, 1.807) is 6.07 Å². The predicted octanol–water partition coefficient (Wildman–Crippen LogP) is 3.57. The van der Waals surface area contributed by atoms with Crippen LogP contribution in [-0.4, -0.2) is 10.5 Å². The summed E-state index contributed by atoms with van der Waals surface area (Å²) in [5, 5.41) is 10.6. The van der Waals surface area contributed by atoms with Crippen molar-refractivity contribution in [1.82, 2.24) is 0 Å². The van der Waals surface area contributed by atoms with Crippen LogP contribution in [-0.2, 0) is 6.42 Å². The number of rotatable bonds is 7. The third-order valence-corrected chi connectivity index (χ3v) is 3.50. The zero-order chi connectivity index (χ0) is 14.5. The van der Waals surface area contributed by atoms with Crippen molar-refractivity contribution < 1.29 is 9.31 Å². The van der Waals surface area contributed by atoms with Crippen LogP contribution in [0.5, 0.6) is 0 Å². The van der Waals surface area contributed by atoms with E-state index in [9.17, 15) is 14.5 Å². The molecule has 19 heavy (non-hydrogen) atoms. The molecule has 0 aromatic heterocycles. The Labute approximate surface area is 113 Å². The Morgan fingerprint density at radius 1 is 1.42 bits per heavy atom. The average Bonchev–Trinajstić information content (AvgIpc) is 2.36. The lowest BCUT2D eigenvalue weighted by molar-refractivity contribution is -0.387. The van der Waals surface area contributed by atoms with Gasteiger partial charge in [-0.15, -0.1) is 0 Å². The highest BCUT2D eigenvalue weighted by atomic mass is 19.1. The number of unbranched alkanes of at least 4 members (excludes halogenated alkanes) is 1. The summed E-state index contributed by atoms with van der Waals surface area (Å²) in [5.41, 5.74) is 6.17. The van der Waals surface area contributed by atoms with Crippen LogP contribution in [0.4, 0.5) is 10.1 Å². The fourth-order valence-corrected chi connectivity index (χ4v) is 2.13. The van der Waals surface area contributed by atoms with Gasteiger partial charge in [0.05, 0.1) is 4.92 Å². The van der Waals surface area contributed by atoms with Crippen LogP contribution in [0, 0.1) is 15.9 Å². The van der Waals surface area contributed by atoms with Crippen molar-refractivity contribution in [3.63, 3.8) is 0 Å². The van der Waals surface area contributed by atoms with Gasteiger partial charge < -0.3 is 5.73 Å². The molecule has 0 aliphatic heterocycles. The highest BCUT2D eigenvalue weighted by Gasteiger charge is 2.24. The predicted molar refractivity (Wildman–Crippen MR) is 73.5 cm³/mol. The zero-order valence-corrected chi connectivity index (χ0v) is 11.5. The smallest absolute Gasteiger partial charge is 0.304 e. The molecule has 0 radical (unpaired) electrons. The number of nitro groups is 1. The minimum atomic E-state index is -0.795. The van der Waals surface area contributed by atoms with Gasteiger partial charge in [0.1, 0.15) is 0 Å². The SMILES string of the molecule is CCCCC(N)(CC)Cc1ccc([N+](=O)[O-])c(F)c1. The lowest BCUT2D eigenvalue weighted by atomic mass is 9.84. The minimum absolute atomic E-state index is 0.363. The van der Waals surface area contributed by atoms with Crippen molar-refractivity contribution in [2.75, 3.05) is 0 Å². The summed E-state index contributed by atoms with van der Waals surface area (Å²) < 4.78 is 13.5. The molecule has 0 fully saturated rings. The number of halogens is 1. The number of hydrogen-bond donors (Lipinski definition) is 1. The second kappa shape index (κ2) is 6.61. The molecule has 0 aliphatic rings. The summed E-state index contributed by atoms with van der Waals surface area (Å²) in [6.07, 6.45) is 4.30. The number of hydrogen-bond acceptors (Lipinski definition) is 3. The maximum Gasteiger partial charge on any atom is 0.304 e. The van der Waals surface area contributed by atoms with E-state index < -0.39 is 16.4 Å². The molecule has 106 valence electrons. The Morgan fingerprint density at radius 3 is 2.58 bits per heavy atom. The zero-order valence-electron chi connectivity index (χ0n) is 11.5. The fourth-order valence-electron chi connectivity index (χ4n) is 2.13. The second-order valence-corrected chi connectivity index (χ2v) is 5.04. The van der Waals surface area contributed by atoms with Crippen molar-refractivity contribution in [2.45, 2.75) is 51.5 Å². The third-order valence-electron chi connectivity index (χ3n) is 3.50. The van der Waals surface area contributed by atoms with Crippen LogP contribution >= 0.6 is 0 Å². The standard InChI is InChI=1S/C14H21FN2O2/c1-3-5-8-14(16,4-2)10-11-6-7-13(17(18)19)12(15)9-11/h6-7,9H,3-5,8,10,16H2,1-2H3. The molecule has 1 rings (SSSR count). The van der Waals surface area contributed by atoms with Gasteiger partial charge in [-0.2, -0.15) is 4.39 Å². The molecular formula is C14H21FN2O2. The molecule has 0 bridgehead atoms. The Bertz CT molecular complexity index is 451. The summed E-state index contributed by atoms with van der Waals surface area (Å²) in [6.45, 7) is 4.11. The van der Waals surface area contributed by atoms with E-state index >= 15 is 0 Å². The largest absolute Gasteiger partial charge is 0.325 e. The van der Waals surface area contributed by atoms with Crippen LogP contribution in [0.25, 0.3) is 0 Å². The van der Waals surface area contributed by atoms with Gasteiger partial charge in [-0.05, 0) is 30.9 Å². The molecule has 5 heteroatoms. The Balaban J connectivity index is 2.86. The molecule has 0 saturated carbocycles. The maximum absolute atomic E-state index is 13.5. The summed E-state index contributed by atoms with van der Waals surface area (Å²) >= 11 is 0. The molecular weight excluding hydrogens is 247 g/mol. The van der Waals surface area contributed by atoms with Gasteiger partial charge in [0, 0.05) is 11.6 Å². The third kappa shape index (κ3) is 4.28. The summed E-state index contributed by atoms with van der Waals surface area (Å²) in [6, 6.07) is 4.02. The molecule has 0 aliphatic carbocycles. The Hall–Kier alpha value is -1.49. The molecule has 0 heterocycles. The molecule has 4 nitrogen and oxygen atoms in total. The summed E-state index contributed by atoms with van der Waals surface area (Å²) in [7, 11) is 0. The number of benzene rings is 1. The lowest BCUT2D eigenvalue weighted by Crippen LogP contribution is -2.41. The first-order valence-corrected chi connectivity index (χ1v) is 6.63. The number of nitro benzene ring substituents is 1. The van der Waals surface area contributed by atoms with E-state index in [0.717, 1.165) is 25.7 Å². The van der Waals surface area contributed by atoms with Crippen LogP contribution < -0.4 is 5.73 Å². The summed E-state index contributed by atoms with van der Waals surface area (Å²) in [4.78, 5) is 9.84. The van der Waals surface area contributed by atoms with Crippen LogP contribution in [0.2, 0.25) is 0 Å². The van der Waals surface area contributed by atoms with E-state index in [1.165, 1.54) is 12.1 Å². The van der Waals surface area contributed by atoms with Gasteiger partial charge in [0.15, 0.2) is 0 Å². The van der Waals surface area contributed by atoms with Crippen molar-refractivity contribution in [2.24, 2.45) is 5.73 Å². The molecule has 1 atom stereocenters. The van der Waals surface area contributed by atoms with Crippen LogP contribution in [0.15, 0.2) is 18.2 Å². The fraction of sp³-hybridized carbons (Fsp3) is 0.571. The lowest BCUT2D eigenvalue weighted by Gasteiger charge is -2.28. The van der Waals surface area contributed by atoms with E-state index in [2.05, 4.69) is 6.92 Å². The first kappa shape index (κ1) is 15.6. The van der Waals surface area contributed by atoms with E-state index in [-0.39, 0.29) is 5.54 Å². The van der Waals surface area contributed by atoms with Crippen LogP contribution in [0.3, 0.4) is 0 Å². The molecule has 0 spiro atoms. The Kier molecular flexibility index (Phi) is 5.42. The van der Waals surface area contributed by atoms with Crippen molar-refractivity contribution in [3.8, 4) is 0 Å². The van der Waals surface area contributed by atoms with Gasteiger partial charge in [-0.1, -0.05) is 32.8 Å². The van der Waals surface area contributed by atoms with Crippen molar-refractivity contribution >= 4 is 5.69 Å². The van der Waals surface area contributed by atoms with Gasteiger partial charge in [-0.25, -0.2) is 0 Å². The highest BCUT2D eigenvalue weighted by molar-refractivity contribution is 5.35. The van der Waals surface area contributed by atoms with Gasteiger partial charge in [-0.3, -0.25) is 10.1 Å². The number of nitrogens with two attached hydrogens (primary N) is 1. The normalized spacial score (nSPS) is 14.1.